The van der Waals surface area contributed by atoms with Crippen LogP contribution < -0.4 is 16.0 Å². The number of amides is 3. The molecule has 0 aliphatic carbocycles. The van der Waals surface area contributed by atoms with Gasteiger partial charge in [-0.25, -0.2) is 14.2 Å². The third-order valence-electron chi connectivity index (χ3n) is 5.53. The van der Waals surface area contributed by atoms with E-state index in [0.717, 1.165) is 16.2 Å². The lowest BCUT2D eigenvalue weighted by Gasteiger charge is -2.45. The molecule has 3 N–H and O–H groups in total. The van der Waals surface area contributed by atoms with Crippen molar-refractivity contribution in [2.24, 2.45) is 0 Å². The maximum atomic E-state index is 14.2. The molecule has 0 saturated carbocycles. The summed E-state index contributed by atoms with van der Waals surface area (Å²) in [4.78, 5) is 30.3. The second kappa shape index (κ2) is 8.27. The van der Waals surface area contributed by atoms with Crippen LogP contribution >= 0.6 is 11.3 Å². The summed E-state index contributed by atoms with van der Waals surface area (Å²) < 4.78 is 56.0. The average molecular weight is 481 g/mol. The molecule has 1 fully saturated rings. The summed E-state index contributed by atoms with van der Waals surface area (Å²) in [5, 5.41) is 7.58. The Morgan fingerprint density at radius 1 is 1.21 bits per heavy atom. The van der Waals surface area contributed by atoms with Crippen LogP contribution in [-0.2, 0) is 10.3 Å². The van der Waals surface area contributed by atoms with E-state index in [-0.39, 0.29) is 17.2 Å². The molecule has 1 aliphatic heterocycles. The van der Waals surface area contributed by atoms with Crippen LogP contribution in [0.5, 0.6) is 0 Å². The fourth-order valence-electron chi connectivity index (χ4n) is 3.59. The number of alkyl halides is 3. The third-order valence-corrected chi connectivity index (χ3v) is 6.47. The standard InChI is InChI=1S/C21H19F4N5O2S/c1-11-10-26-20(21(23,24)25,17(31)30(11)2)12-3-8-15-16(9-12)33-19(28-15)29-18(32)27-14-6-4-13(22)5-7-14/h3-9,11,26H,10H2,1-2H3,(H2,27,28,29,32)/t11-,20-/m1/s1. The van der Waals surface area contributed by atoms with Crippen LogP contribution in [0.25, 0.3) is 10.2 Å². The molecule has 4 rings (SSSR count). The normalized spacial score (nSPS) is 21.3. The van der Waals surface area contributed by atoms with E-state index in [1.165, 1.54) is 49.5 Å². The Balaban J connectivity index is 1.62. The second-order valence-electron chi connectivity index (χ2n) is 7.68. The van der Waals surface area contributed by atoms with Gasteiger partial charge < -0.3 is 10.2 Å². The molecular weight excluding hydrogens is 462 g/mol. The number of carbonyl (C=O) groups excluding carboxylic acids is 2. The Morgan fingerprint density at radius 3 is 2.58 bits per heavy atom. The van der Waals surface area contributed by atoms with Crippen LogP contribution in [0, 0.1) is 5.82 Å². The molecule has 2 heterocycles. The van der Waals surface area contributed by atoms with Crippen molar-refractivity contribution in [1.29, 1.82) is 0 Å². The highest BCUT2D eigenvalue weighted by molar-refractivity contribution is 7.22. The van der Waals surface area contributed by atoms with Gasteiger partial charge in [0.15, 0.2) is 5.13 Å². The molecule has 33 heavy (non-hydrogen) atoms. The summed E-state index contributed by atoms with van der Waals surface area (Å²) in [6, 6.07) is 7.94. The van der Waals surface area contributed by atoms with Gasteiger partial charge in [-0.1, -0.05) is 17.4 Å². The van der Waals surface area contributed by atoms with Crippen molar-refractivity contribution in [2.75, 3.05) is 24.2 Å². The van der Waals surface area contributed by atoms with Gasteiger partial charge in [0.2, 0.25) is 5.54 Å². The van der Waals surface area contributed by atoms with Gasteiger partial charge in [-0.05, 0) is 48.9 Å². The van der Waals surface area contributed by atoms with Crippen molar-refractivity contribution >= 4 is 44.3 Å². The number of nitrogens with zero attached hydrogens (tertiary/aromatic N) is 2. The number of benzene rings is 2. The highest BCUT2D eigenvalue weighted by Gasteiger charge is 2.64. The molecule has 174 valence electrons. The van der Waals surface area contributed by atoms with E-state index >= 15 is 0 Å². The fraction of sp³-hybridized carbons (Fsp3) is 0.286. The second-order valence-corrected chi connectivity index (χ2v) is 8.71. The lowest BCUT2D eigenvalue weighted by Crippen LogP contribution is -2.70. The monoisotopic (exact) mass is 481 g/mol. The molecule has 3 aromatic rings. The van der Waals surface area contributed by atoms with Crippen molar-refractivity contribution in [2.45, 2.75) is 24.7 Å². The van der Waals surface area contributed by atoms with Crippen molar-refractivity contribution < 1.29 is 27.2 Å². The summed E-state index contributed by atoms with van der Waals surface area (Å²) in [5.41, 5.74) is -2.41. The van der Waals surface area contributed by atoms with E-state index in [0.29, 0.717) is 15.9 Å². The predicted molar refractivity (Wildman–Crippen MR) is 117 cm³/mol. The largest absolute Gasteiger partial charge is 0.419 e. The molecule has 2 aromatic carbocycles. The van der Waals surface area contributed by atoms with E-state index in [4.69, 9.17) is 0 Å². The predicted octanol–water partition coefficient (Wildman–Crippen LogP) is 4.29. The lowest BCUT2D eigenvalue weighted by molar-refractivity contribution is -0.215. The maximum Gasteiger partial charge on any atom is 0.419 e. The molecule has 0 unspecified atom stereocenters. The first-order valence-electron chi connectivity index (χ1n) is 9.85. The van der Waals surface area contributed by atoms with Crippen LogP contribution in [0.2, 0.25) is 0 Å². The van der Waals surface area contributed by atoms with Gasteiger partial charge >= 0.3 is 12.2 Å². The van der Waals surface area contributed by atoms with Gasteiger partial charge in [0.25, 0.3) is 5.91 Å². The molecule has 7 nitrogen and oxygen atoms in total. The Kier molecular flexibility index (Phi) is 5.74. The molecule has 0 bridgehead atoms. The van der Waals surface area contributed by atoms with Crippen LogP contribution in [0.1, 0.15) is 12.5 Å². The summed E-state index contributed by atoms with van der Waals surface area (Å²) in [7, 11) is 1.35. The molecule has 12 heteroatoms. The zero-order valence-corrected chi connectivity index (χ0v) is 18.3. The van der Waals surface area contributed by atoms with Gasteiger partial charge in [0.1, 0.15) is 5.82 Å². The third kappa shape index (κ3) is 4.11. The van der Waals surface area contributed by atoms with Gasteiger partial charge in [0.05, 0.1) is 10.2 Å². The number of hydrogen-bond acceptors (Lipinski definition) is 5. The lowest BCUT2D eigenvalue weighted by atomic mass is 9.84. The molecule has 2 atom stereocenters. The molecule has 0 radical (unpaired) electrons. The first-order chi connectivity index (χ1) is 15.5. The number of rotatable bonds is 3. The Morgan fingerprint density at radius 2 is 1.91 bits per heavy atom. The van der Waals surface area contributed by atoms with Crippen molar-refractivity contribution in [3.63, 3.8) is 0 Å². The van der Waals surface area contributed by atoms with E-state index < -0.39 is 35.5 Å². The number of halogens is 4. The first-order valence-corrected chi connectivity index (χ1v) is 10.7. The number of urea groups is 1. The highest BCUT2D eigenvalue weighted by atomic mass is 32.1. The number of aromatic nitrogens is 1. The number of anilines is 2. The minimum Gasteiger partial charge on any atom is -0.340 e. The Hall–Kier alpha value is -3.25. The SMILES string of the molecule is C[C@@H]1CN[C@@](c2ccc3nc(NC(=O)Nc4ccc(F)cc4)sc3c2)(C(F)(F)F)C(=O)N1C. The number of hydrogen-bond donors (Lipinski definition) is 3. The van der Waals surface area contributed by atoms with E-state index in [1.54, 1.807) is 6.92 Å². The summed E-state index contributed by atoms with van der Waals surface area (Å²) >= 11 is 0.966. The van der Waals surface area contributed by atoms with Crippen molar-refractivity contribution in [3.05, 3.63) is 53.8 Å². The minimum atomic E-state index is -4.88. The number of nitrogens with one attached hydrogen (secondary N) is 3. The van der Waals surface area contributed by atoms with Crippen LogP contribution in [-0.4, -0.2) is 47.6 Å². The first kappa shape index (κ1) is 22.9. The fourth-order valence-corrected chi connectivity index (χ4v) is 4.49. The van der Waals surface area contributed by atoms with Gasteiger partial charge in [-0.3, -0.25) is 15.4 Å². The highest BCUT2D eigenvalue weighted by Crippen LogP contribution is 2.43. The number of piperazine rings is 1. The zero-order chi connectivity index (χ0) is 24.0. The topological polar surface area (TPSA) is 86.4 Å². The molecule has 1 saturated heterocycles. The molecule has 0 spiro atoms. The quantitative estimate of drug-likeness (QED) is 0.488. The summed E-state index contributed by atoms with van der Waals surface area (Å²) in [5.74, 6) is -1.54. The van der Waals surface area contributed by atoms with Crippen LogP contribution in [0.15, 0.2) is 42.5 Å². The molecule has 1 aromatic heterocycles. The molecular formula is C21H19F4N5O2S. The van der Waals surface area contributed by atoms with Gasteiger partial charge in [-0.2, -0.15) is 13.2 Å². The van der Waals surface area contributed by atoms with E-state index in [1.807, 2.05) is 0 Å². The number of fused-ring (bicyclic) bond motifs is 1. The summed E-state index contributed by atoms with van der Waals surface area (Å²) in [6.07, 6.45) is -4.88. The Labute approximate surface area is 189 Å². The molecule has 3 amide bonds. The minimum absolute atomic E-state index is 0.0289. The summed E-state index contributed by atoms with van der Waals surface area (Å²) in [6.45, 7) is 1.63. The molecule has 1 aliphatic rings. The number of thiazole rings is 1. The van der Waals surface area contributed by atoms with E-state index in [2.05, 4.69) is 20.9 Å². The van der Waals surface area contributed by atoms with Crippen LogP contribution in [0.4, 0.5) is 33.2 Å². The van der Waals surface area contributed by atoms with Gasteiger partial charge in [-0.15, -0.1) is 0 Å². The zero-order valence-electron chi connectivity index (χ0n) is 17.5. The number of likely N-dealkylation sites (N-methyl/N-ethyl adjacent to an activating group) is 1. The maximum absolute atomic E-state index is 14.2. The Bertz CT molecular complexity index is 1210. The average Bonchev–Trinajstić information content (AvgIpc) is 3.14. The van der Waals surface area contributed by atoms with Crippen molar-refractivity contribution in [3.8, 4) is 0 Å². The van der Waals surface area contributed by atoms with Gasteiger partial charge in [0, 0.05) is 25.3 Å². The number of carbonyl (C=O) groups is 2. The smallest absolute Gasteiger partial charge is 0.340 e. The van der Waals surface area contributed by atoms with E-state index in [9.17, 15) is 27.2 Å². The van der Waals surface area contributed by atoms with Crippen LogP contribution in [0.3, 0.4) is 0 Å². The van der Waals surface area contributed by atoms with Crippen molar-refractivity contribution in [1.82, 2.24) is 15.2 Å².